The molecule has 2 aromatic carbocycles. The lowest BCUT2D eigenvalue weighted by Crippen LogP contribution is -2.01. The van der Waals surface area contributed by atoms with Gasteiger partial charge in [0.15, 0.2) is 0 Å². The first-order valence-electron chi connectivity index (χ1n) is 12.0. The summed E-state index contributed by atoms with van der Waals surface area (Å²) in [5.41, 5.74) is 0.728. The van der Waals surface area contributed by atoms with Gasteiger partial charge in [-0.25, -0.2) is 0 Å². The maximum absolute atomic E-state index is 11.6. The zero-order valence-electron chi connectivity index (χ0n) is 19.3. The van der Waals surface area contributed by atoms with Crippen LogP contribution in [0, 0.1) is 0 Å². The summed E-state index contributed by atoms with van der Waals surface area (Å²) in [6.45, 7) is 2.24. The number of rotatable bonds is 16. The number of benzene rings is 2. The first kappa shape index (κ1) is 26.2. The smallest absolute Gasteiger partial charge is 0.298 e. The van der Waals surface area contributed by atoms with Crippen LogP contribution in [0.3, 0.4) is 0 Å². The summed E-state index contributed by atoms with van der Waals surface area (Å²) in [6, 6.07) is 11.6. The van der Waals surface area contributed by atoms with E-state index < -0.39 is 20.8 Å². The van der Waals surface area contributed by atoms with Gasteiger partial charge in [-0.2, -0.15) is 8.42 Å². The predicted molar refractivity (Wildman–Crippen MR) is 129 cm³/mol. The Bertz CT molecular complexity index is 894. The largest absolute Gasteiger partial charge is 0.506 e. The van der Waals surface area contributed by atoms with Gasteiger partial charge < -0.3 is 9.84 Å². The van der Waals surface area contributed by atoms with E-state index in [0.29, 0.717) is 17.9 Å². The molecule has 0 bridgehead atoms. The molecule has 2 N–H and O–H groups in total. The Hall–Kier alpha value is -2.05. The number of aryl methyl sites for hydroxylation is 1. The minimum atomic E-state index is -4.54. The fraction of sp³-hybridized carbons (Fsp3) is 0.538. The van der Waals surface area contributed by atoms with Crippen LogP contribution in [0.15, 0.2) is 47.4 Å². The summed E-state index contributed by atoms with van der Waals surface area (Å²) >= 11 is 0. The SMILES string of the molecule is CCCCCCCCCCCCCCc1cc(O)c(S(=O)(=O)O)cc1Oc1ccccc1. The summed E-state index contributed by atoms with van der Waals surface area (Å²) in [7, 11) is -4.54. The number of para-hydroxylation sites is 1. The molecule has 0 fully saturated rings. The molecule has 0 spiro atoms. The molecule has 0 aromatic heterocycles. The van der Waals surface area contributed by atoms with Crippen LogP contribution in [-0.2, 0) is 16.5 Å². The lowest BCUT2D eigenvalue weighted by atomic mass is 10.0. The monoisotopic (exact) mass is 462 g/mol. The van der Waals surface area contributed by atoms with E-state index in [9.17, 15) is 18.1 Å². The van der Waals surface area contributed by atoms with E-state index in [-0.39, 0.29) is 0 Å². The summed E-state index contributed by atoms with van der Waals surface area (Å²) in [6.07, 6.45) is 15.7. The van der Waals surface area contributed by atoms with Crippen molar-refractivity contribution < 1.29 is 22.8 Å². The molecule has 0 unspecified atom stereocenters. The van der Waals surface area contributed by atoms with Crippen LogP contribution in [0.25, 0.3) is 0 Å². The summed E-state index contributed by atoms with van der Waals surface area (Å²) in [4.78, 5) is -0.540. The standard InChI is InChI=1S/C26H38O5S/c1-2-3-4-5-6-7-8-9-10-11-12-14-17-22-20-24(27)26(32(28,29)30)21-25(22)31-23-18-15-13-16-19-23/h13,15-16,18-21,27H,2-12,14,17H2,1H3,(H,28,29,30). The normalized spacial score (nSPS) is 11.6. The Morgan fingerprint density at radius 2 is 1.31 bits per heavy atom. The second-order valence-electron chi connectivity index (χ2n) is 8.46. The van der Waals surface area contributed by atoms with Crippen molar-refractivity contribution in [2.45, 2.75) is 95.3 Å². The van der Waals surface area contributed by atoms with Crippen molar-refractivity contribution in [3.63, 3.8) is 0 Å². The van der Waals surface area contributed by atoms with Crippen molar-refractivity contribution in [3.05, 3.63) is 48.0 Å². The topological polar surface area (TPSA) is 83.8 Å². The average molecular weight is 463 g/mol. The van der Waals surface area contributed by atoms with Gasteiger partial charge in [0.1, 0.15) is 22.1 Å². The number of ether oxygens (including phenoxy) is 1. The van der Waals surface area contributed by atoms with Crippen LogP contribution in [-0.4, -0.2) is 18.1 Å². The fourth-order valence-corrected chi connectivity index (χ4v) is 4.44. The minimum Gasteiger partial charge on any atom is -0.506 e. The number of hydrogen-bond donors (Lipinski definition) is 2. The first-order chi connectivity index (χ1) is 15.4. The molecule has 178 valence electrons. The predicted octanol–water partition coefficient (Wildman–Crippen LogP) is 7.67. The van der Waals surface area contributed by atoms with Crippen LogP contribution in [0.4, 0.5) is 0 Å². The molecule has 5 nitrogen and oxygen atoms in total. The Morgan fingerprint density at radius 3 is 1.84 bits per heavy atom. The number of hydrogen-bond acceptors (Lipinski definition) is 4. The van der Waals surface area contributed by atoms with Gasteiger partial charge in [0.2, 0.25) is 0 Å². The van der Waals surface area contributed by atoms with Gasteiger partial charge >= 0.3 is 0 Å². The highest BCUT2D eigenvalue weighted by atomic mass is 32.2. The number of phenolic OH excluding ortho intramolecular Hbond substituents is 1. The van der Waals surface area contributed by atoms with E-state index in [1.807, 2.05) is 18.2 Å². The van der Waals surface area contributed by atoms with Gasteiger partial charge in [0.05, 0.1) is 0 Å². The van der Waals surface area contributed by atoms with Crippen LogP contribution in [0.1, 0.15) is 89.5 Å². The Morgan fingerprint density at radius 1 is 0.781 bits per heavy atom. The molecule has 6 heteroatoms. The van der Waals surface area contributed by atoms with Crippen molar-refractivity contribution in [1.82, 2.24) is 0 Å². The van der Waals surface area contributed by atoms with Gasteiger partial charge in [-0.1, -0.05) is 95.8 Å². The van der Waals surface area contributed by atoms with Crippen LogP contribution in [0.5, 0.6) is 17.2 Å². The zero-order chi connectivity index (χ0) is 23.2. The zero-order valence-corrected chi connectivity index (χ0v) is 20.1. The summed E-state index contributed by atoms with van der Waals surface area (Å²) in [5, 5.41) is 10.1. The molecular weight excluding hydrogens is 424 g/mol. The Kier molecular flexibility index (Phi) is 11.6. The van der Waals surface area contributed by atoms with Crippen LogP contribution >= 0.6 is 0 Å². The van der Waals surface area contributed by atoms with E-state index in [0.717, 1.165) is 18.4 Å². The van der Waals surface area contributed by atoms with Gasteiger partial charge in [0, 0.05) is 6.07 Å². The maximum atomic E-state index is 11.6. The molecule has 0 amide bonds. The van der Waals surface area contributed by atoms with E-state index in [1.54, 1.807) is 12.1 Å². The first-order valence-corrected chi connectivity index (χ1v) is 13.4. The third-order valence-electron chi connectivity index (χ3n) is 5.69. The third kappa shape index (κ3) is 9.61. The molecule has 0 atom stereocenters. The molecule has 0 aliphatic carbocycles. The quantitative estimate of drug-likeness (QED) is 0.197. The lowest BCUT2D eigenvalue weighted by Gasteiger charge is -2.14. The second kappa shape index (κ2) is 14.2. The van der Waals surface area contributed by atoms with E-state index >= 15 is 0 Å². The Balaban J connectivity index is 1.82. The van der Waals surface area contributed by atoms with E-state index in [1.165, 1.54) is 76.3 Å². The Labute approximate surface area is 193 Å². The molecule has 0 aliphatic heterocycles. The molecule has 2 rings (SSSR count). The molecule has 0 radical (unpaired) electrons. The lowest BCUT2D eigenvalue weighted by molar-refractivity contribution is 0.432. The van der Waals surface area contributed by atoms with Gasteiger partial charge in [-0.15, -0.1) is 0 Å². The van der Waals surface area contributed by atoms with Gasteiger partial charge in [-0.05, 0) is 36.6 Å². The number of aromatic hydroxyl groups is 1. The van der Waals surface area contributed by atoms with Crippen LogP contribution < -0.4 is 4.74 Å². The second-order valence-corrected chi connectivity index (χ2v) is 9.85. The van der Waals surface area contributed by atoms with Crippen molar-refractivity contribution in [2.24, 2.45) is 0 Å². The molecule has 0 heterocycles. The van der Waals surface area contributed by atoms with Crippen LogP contribution in [0.2, 0.25) is 0 Å². The summed E-state index contributed by atoms with van der Waals surface area (Å²) < 4.78 is 38.4. The molecule has 0 saturated heterocycles. The van der Waals surface area contributed by atoms with Crippen molar-refractivity contribution >= 4 is 10.1 Å². The van der Waals surface area contributed by atoms with Crippen molar-refractivity contribution in [1.29, 1.82) is 0 Å². The molecule has 0 aliphatic rings. The maximum Gasteiger partial charge on any atom is 0.298 e. The molecule has 0 saturated carbocycles. The van der Waals surface area contributed by atoms with Crippen molar-refractivity contribution in [2.75, 3.05) is 0 Å². The highest BCUT2D eigenvalue weighted by Gasteiger charge is 2.20. The average Bonchev–Trinajstić information content (AvgIpc) is 2.76. The molecule has 2 aromatic rings. The van der Waals surface area contributed by atoms with Gasteiger partial charge in [-0.3, -0.25) is 4.55 Å². The highest BCUT2D eigenvalue weighted by molar-refractivity contribution is 7.86. The summed E-state index contributed by atoms with van der Waals surface area (Å²) in [5.74, 6) is 0.446. The minimum absolute atomic E-state index is 0.338. The van der Waals surface area contributed by atoms with E-state index in [4.69, 9.17) is 4.74 Å². The number of unbranched alkanes of at least 4 members (excludes halogenated alkanes) is 11. The van der Waals surface area contributed by atoms with E-state index in [2.05, 4.69) is 6.92 Å². The highest BCUT2D eigenvalue weighted by Crippen LogP contribution is 2.35. The molecular formula is C26H38O5S. The van der Waals surface area contributed by atoms with Gasteiger partial charge in [0.25, 0.3) is 10.1 Å². The number of phenols is 1. The molecule has 32 heavy (non-hydrogen) atoms. The van der Waals surface area contributed by atoms with Crippen molar-refractivity contribution in [3.8, 4) is 17.2 Å². The third-order valence-corrected chi connectivity index (χ3v) is 6.57. The fourth-order valence-electron chi connectivity index (χ4n) is 3.86.